The van der Waals surface area contributed by atoms with Crippen LogP contribution in [0.2, 0.25) is 0 Å². The molecular formula is C14H15NO3S2. The van der Waals surface area contributed by atoms with Crippen LogP contribution >= 0.6 is 24.0 Å². The van der Waals surface area contributed by atoms with E-state index in [9.17, 15) is 4.79 Å². The number of amides is 1. The highest BCUT2D eigenvalue weighted by molar-refractivity contribution is 8.26. The molecule has 106 valence electrons. The van der Waals surface area contributed by atoms with Crippen molar-refractivity contribution in [3.05, 3.63) is 28.7 Å². The molecule has 2 rings (SSSR count). The molecule has 1 aliphatic heterocycles. The number of thioether (sulfide) groups is 1. The third-order valence-corrected chi connectivity index (χ3v) is 4.26. The van der Waals surface area contributed by atoms with E-state index in [0.29, 0.717) is 27.3 Å². The van der Waals surface area contributed by atoms with E-state index in [0.717, 1.165) is 5.56 Å². The number of hydrogen-bond donors (Lipinski definition) is 0. The summed E-state index contributed by atoms with van der Waals surface area (Å²) in [5.41, 5.74) is 0.878. The molecule has 1 amide bonds. The summed E-state index contributed by atoms with van der Waals surface area (Å²) in [5.74, 6) is 1.26. The Morgan fingerprint density at radius 1 is 1.40 bits per heavy atom. The second kappa shape index (κ2) is 6.28. The van der Waals surface area contributed by atoms with Gasteiger partial charge < -0.3 is 9.47 Å². The first-order valence-corrected chi connectivity index (χ1v) is 7.31. The van der Waals surface area contributed by atoms with Gasteiger partial charge in [0.2, 0.25) is 0 Å². The van der Waals surface area contributed by atoms with Gasteiger partial charge in [-0.1, -0.05) is 30.0 Å². The molecule has 0 atom stereocenters. The van der Waals surface area contributed by atoms with E-state index in [1.54, 1.807) is 14.2 Å². The van der Waals surface area contributed by atoms with Crippen molar-refractivity contribution in [3.8, 4) is 11.5 Å². The number of methoxy groups -OCH3 is 1. The first-order chi connectivity index (χ1) is 9.56. The Morgan fingerprint density at radius 2 is 2.15 bits per heavy atom. The molecule has 0 N–H and O–H groups in total. The number of benzene rings is 1. The van der Waals surface area contributed by atoms with Crippen molar-refractivity contribution in [2.24, 2.45) is 0 Å². The van der Waals surface area contributed by atoms with Crippen molar-refractivity contribution in [3.63, 3.8) is 0 Å². The van der Waals surface area contributed by atoms with Crippen molar-refractivity contribution in [1.29, 1.82) is 0 Å². The summed E-state index contributed by atoms with van der Waals surface area (Å²) in [6.07, 6.45) is 1.81. The van der Waals surface area contributed by atoms with E-state index in [1.165, 1.54) is 16.7 Å². The summed E-state index contributed by atoms with van der Waals surface area (Å²) in [6, 6.07) is 5.55. The van der Waals surface area contributed by atoms with E-state index in [2.05, 4.69) is 0 Å². The van der Waals surface area contributed by atoms with Gasteiger partial charge in [-0.15, -0.1) is 0 Å². The van der Waals surface area contributed by atoms with Gasteiger partial charge in [-0.25, -0.2) is 0 Å². The molecule has 4 nitrogen and oxygen atoms in total. The van der Waals surface area contributed by atoms with E-state index in [-0.39, 0.29) is 5.91 Å². The van der Waals surface area contributed by atoms with Crippen molar-refractivity contribution in [2.75, 3.05) is 20.8 Å². The molecule has 6 heteroatoms. The average molecular weight is 309 g/mol. The minimum absolute atomic E-state index is 0.0752. The van der Waals surface area contributed by atoms with Crippen molar-refractivity contribution >= 4 is 40.3 Å². The lowest BCUT2D eigenvalue weighted by atomic mass is 10.2. The monoisotopic (exact) mass is 309 g/mol. The van der Waals surface area contributed by atoms with Gasteiger partial charge in [0, 0.05) is 7.05 Å². The highest BCUT2D eigenvalue weighted by Gasteiger charge is 2.28. The SMILES string of the molecule is CCOc1cc(/C=C2\SC(=S)N(C)C2=O)ccc1OC. The molecule has 0 spiro atoms. The molecular weight excluding hydrogens is 294 g/mol. The Labute approximate surface area is 127 Å². The third kappa shape index (κ3) is 2.96. The quantitative estimate of drug-likeness (QED) is 0.631. The Bertz CT molecular complexity index is 584. The van der Waals surface area contributed by atoms with Crippen LogP contribution < -0.4 is 9.47 Å². The molecule has 20 heavy (non-hydrogen) atoms. The number of rotatable bonds is 4. The number of nitrogens with zero attached hydrogens (tertiary/aromatic N) is 1. The zero-order valence-corrected chi connectivity index (χ0v) is 13.1. The zero-order valence-electron chi connectivity index (χ0n) is 11.5. The molecule has 1 saturated heterocycles. The van der Waals surface area contributed by atoms with Crippen LogP contribution in [0.25, 0.3) is 6.08 Å². The van der Waals surface area contributed by atoms with Crippen LogP contribution in [0.1, 0.15) is 12.5 Å². The number of carbonyl (C=O) groups is 1. The van der Waals surface area contributed by atoms with Gasteiger partial charge in [0.25, 0.3) is 5.91 Å². The highest BCUT2D eigenvalue weighted by Crippen LogP contribution is 2.33. The van der Waals surface area contributed by atoms with Crippen LogP contribution in [-0.2, 0) is 4.79 Å². The first-order valence-electron chi connectivity index (χ1n) is 6.09. The van der Waals surface area contributed by atoms with Gasteiger partial charge in [-0.3, -0.25) is 9.69 Å². The van der Waals surface area contributed by atoms with Crippen LogP contribution in [-0.4, -0.2) is 35.9 Å². The van der Waals surface area contributed by atoms with Gasteiger partial charge >= 0.3 is 0 Å². The molecule has 0 aliphatic carbocycles. The van der Waals surface area contributed by atoms with Gasteiger partial charge in [0.15, 0.2) is 11.5 Å². The maximum atomic E-state index is 11.9. The standard InChI is InChI=1S/C14H15NO3S2/c1-4-18-11-7-9(5-6-10(11)17-3)8-12-13(16)15(2)14(19)20-12/h5-8H,4H2,1-3H3/b12-8-. The number of carbonyl (C=O) groups excluding carboxylic acids is 1. The number of likely N-dealkylation sites (N-methyl/N-ethyl adjacent to an activating group) is 1. The summed E-state index contributed by atoms with van der Waals surface area (Å²) in [7, 11) is 3.28. The molecule has 0 bridgehead atoms. The van der Waals surface area contributed by atoms with E-state index in [4.69, 9.17) is 21.7 Å². The smallest absolute Gasteiger partial charge is 0.265 e. The largest absolute Gasteiger partial charge is 0.493 e. The molecule has 0 unspecified atom stereocenters. The van der Waals surface area contributed by atoms with Gasteiger partial charge in [0.05, 0.1) is 18.6 Å². The van der Waals surface area contributed by atoms with Crippen LogP contribution in [0.5, 0.6) is 11.5 Å². The maximum Gasteiger partial charge on any atom is 0.265 e. The van der Waals surface area contributed by atoms with Gasteiger partial charge in [-0.2, -0.15) is 0 Å². The molecule has 1 fully saturated rings. The normalized spacial score (nSPS) is 16.9. The molecule has 1 aromatic rings. The van der Waals surface area contributed by atoms with Crippen LogP contribution in [0.4, 0.5) is 0 Å². The zero-order chi connectivity index (χ0) is 14.7. The van der Waals surface area contributed by atoms with Crippen molar-refractivity contribution < 1.29 is 14.3 Å². The maximum absolute atomic E-state index is 11.9. The molecule has 1 heterocycles. The van der Waals surface area contributed by atoms with Gasteiger partial charge in [0.1, 0.15) is 4.32 Å². The minimum atomic E-state index is -0.0752. The fourth-order valence-electron chi connectivity index (χ4n) is 1.75. The minimum Gasteiger partial charge on any atom is -0.493 e. The molecule has 0 radical (unpaired) electrons. The summed E-state index contributed by atoms with van der Waals surface area (Å²) in [5, 5.41) is 0. The number of hydrogen-bond acceptors (Lipinski definition) is 5. The lowest BCUT2D eigenvalue weighted by molar-refractivity contribution is -0.121. The average Bonchev–Trinajstić information content (AvgIpc) is 2.67. The second-order valence-corrected chi connectivity index (χ2v) is 5.76. The fourth-order valence-corrected chi connectivity index (χ4v) is 2.93. The second-order valence-electron chi connectivity index (χ2n) is 4.08. The number of ether oxygens (including phenoxy) is 2. The topological polar surface area (TPSA) is 38.8 Å². The lowest BCUT2D eigenvalue weighted by Gasteiger charge is -2.09. The van der Waals surface area contributed by atoms with E-state index >= 15 is 0 Å². The molecule has 0 aromatic heterocycles. The molecule has 0 saturated carbocycles. The summed E-state index contributed by atoms with van der Waals surface area (Å²) in [6.45, 7) is 2.46. The third-order valence-electron chi connectivity index (χ3n) is 2.77. The lowest BCUT2D eigenvalue weighted by Crippen LogP contribution is -2.22. The Morgan fingerprint density at radius 3 is 2.70 bits per heavy atom. The van der Waals surface area contributed by atoms with E-state index < -0.39 is 0 Å². The Balaban J connectivity index is 2.32. The summed E-state index contributed by atoms with van der Waals surface area (Å²) >= 11 is 6.40. The first kappa shape index (κ1) is 14.9. The Kier molecular flexibility index (Phi) is 4.67. The van der Waals surface area contributed by atoms with Crippen molar-refractivity contribution in [2.45, 2.75) is 6.92 Å². The van der Waals surface area contributed by atoms with Crippen LogP contribution in [0.3, 0.4) is 0 Å². The Hall–Kier alpha value is -1.53. The van der Waals surface area contributed by atoms with E-state index in [1.807, 2.05) is 31.2 Å². The number of thiocarbonyl (C=S) groups is 1. The summed E-state index contributed by atoms with van der Waals surface area (Å²) in [4.78, 5) is 14.0. The summed E-state index contributed by atoms with van der Waals surface area (Å²) < 4.78 is 11.3. The fraction of sp³-hybridized carbons (Fsp3) is 0.286. The predicted molar refractivity (Wildman–Crippen MR) is 85.1 cm³/mol. The molecule has 1 aliphatic rings. The van der Waals surface area contributed by atoms with Crippen LogP contribution in [0, 0.1) is 0 Å². The predicted octanol–water partition coefficient (Wildman–Crippen LogP) is 2.92. The van der Waals surface area contributed by atoms with Gasteiger partial charge in [-0.05, 0) is 30.7 Å². The van der Waals surface area contributed by atoms with Crippen LogP contribution in [0.15, 0.2) is 23.1 Å². The highest BCUT2D eigenvalue weighted by atomic mass is 32.2. The van der Waals surface area contributed by atoms with Crippen molar-refractivity contribution in [1.82, 2.24) is 4.90 Å². The molecule has 1 aromatic carbocycles.